The van der Waals surface area contributed by atoms with E-state index in [2.05, 4.69) is 23.7 Å². The molecule has 0 bridgehead atoms. The van der Waals surface area contributed by atoms with Gasteiger partial charge in [0.15, 0.2) is 10.9 Å². The molecule has 0 amide bonds. The van der Waals surface area contributed by atoms with E-state index in [0.717, 1.165) is 28.8 Å². The maximum atomic E-state index is 11.4. The van der Waals surface area contributed by atoms with Crippen molar-refractivity contribution in [3.05, 3.63) is 10.6 Å². The van der Waals surface area contributed by atoms with Gasteiger partial charge >= 0.3 is 0 Å². The Morgan fingerprint density at radius 2 is 1.94 bits per heavy atom. The average Bonchev–Trinajstić information content (AvgIpc) is 2.71. The zero-order chi connectivity index (χ0) is 11.9. The maximum Gasteiger partial charge on any atom is 0.186 e. The van der Waals surface area contributed by atoms with Gasteiger partial charge in [0, 0.05) is 20.0 Å². The minimum absolute atomic E-state index is 0.126. The van der Waals surface area contributed by atoms with Crippen molar-refractivity contribution in [3.8, 4) is 0 Å². The van der Waals surface area contributed by atoms with Gasteiger partial charge in [0.25, 0.3) is 0 Å². The fourth-order valence-electron chi connectivity index (χ4n) is 2.13. The molecule has 0 saturated carbocycles. The summed E-state index contributed by atoms with van der Waals surface area (Å²) in [5.74, 6) is 1.55. The van der Waals surface area contributed by atoms with Crippen LogP contribution in [0, 0.1) is 18.8 Å². The zero-order valence-corrected chi connectivity index (χ0v) is 11.1. The Labute approximate surface area is 100 Å². The third kappa shape index (κ3) is 1.98. The molecule has 16 heavy (non-hydrogen) atoms. The SMILES string of the molecule is CC(=O)c1sc(N2CC(C)C(C)C2)nc1C. The molecule has 4 heteroatoms. The summed E-state index contributed by atoms with van der Waals surface area (Å²) in [6, 6.07) is 0. The van der Waals surface area contributed by atoms with E-state index in [1.165, 1.54) is 11.3 Å². The van der Waals surface area contributed by atoms with Crippen LogP contribution in [0.2, 0.25) is 0 Å². The fourth-order valence-corrected chi connectivity index (χ4v) is 3.11. The predicted octanol–water partition coefficient (Wildman–Crippen LogP) is 2.75. The zero-order valence-electron chi connectivity index (χ0n) is 10.3. The van der Waals surface area contributed by atoms with Crippen molar-refractivity contribution in [1.29, 1.82) is 0 Å². The van der Waals surface area contributed by atoms with Gasteiger partial charge in [-0.3, -0.25) is 4.79 Å². The van der Waals surface area contributed by atoms with Crippen LogP contribution in [0.4, 0.5) is 5.13 Å². The highest BCUT2D eigenvalue weighted by molar-refractivity contribution is 7.17. The minimum atomic E-state index is 0.126. The summed E-state index contributed by atoms with van der Waals surface area (Å²) in [5.41, 5.74) is 0.875. The summed E-state index contributed by atoms with van der Waals surface area (Å²) in [6.07, 6.45) is 0. The van der Waals surface area contributed by atoms with Gasteiger partial charge in [-0.2, -0.15) is 0 Å². The first-order valence-corrected chi connectivity index (χ1v) is 6.54. The molecular weight excluding hydrogens is 220 g/mol. The van der Waals surface area contributed by atoms with Gasteiger partial charge in [0.05, 0.1) is 10.6 Å². The van der Waals surface area contributed by atoms with E-state index in [9.17, 15) is 4.79 Å². The number of carbonyl (C=O) groups is 1. The standard InChI is InChI=1S/C12H18N2OS/c1-7-5-14(6-8(7)2)12-13-9(3)11(16-12)10(4)15/h7-8H,5-6H2,1-4H3. The lowest BCUT2D eigenvalue weighted by atomic mass is 10.0. The molecule has 0 aromatic carbocycles. The van der Waals surface area contributed by atoms with Gasteiger partial charge in [0.1, 0.15) is 0 Å². The first-order chi connectivity index (χ1) is 7.49. The number of aryl methyl sites for hydroxylation is 1. The Bertz CT molecular complexity index is 403. The van der Waals surface area contributed by atoms with Crippen LogP contribution in [-0.4, -0.2) is 23.9 Å². The number of hydrogen-bond acceptors (Lipinski definition) is 4. The van der Waals surface area contributed by atoms with Crippen molar-refractivity contribution in [2.24, 2.45) is 11.8 Å². The summed E-state index contributed by atoms with van der Waals surface area (Å²) in [7, 11) is 0. The van der Waals surface area contributed by atoms with E-state index in [4.69, 9.17) is 0 Å². The Morgan fingerprint density at radius 3 is 2.38 bits per heavy atom. The number of anilines is 1. The Balaban J connectivity index is 2.22. The quantitative estimate of drug-likeness (QED) is 0.743. The van der Waals surface area contributed by atoms with E-state index in [0.29, 0.717) is 11.8 Å². The van der Waals surface area contributed by atoms with Gasteiger partial charge in [-0.1, -0.05) is 25.2 Å². The lowest BCUT2D eigenvalue weighted by molar-refractivity contribution is 0.102. The van der Waals surface area contributed by atoms with Gasteiger partial charge in [0.2, 0.25) is 0 Å². The van der Waals surface area contributed by atoms with Gasteiger partial charge in [-0.15, -0.1) is 0 Å². The van der Waals surface area contributed by atoms with Gasteiger partial charge < -0.3 is 4.90 Å². The Hall–Kier alpha value is -0.900. The monoisotopic (exact) mass is 238 g/mol. The topological polar surface area (TPSA) is 33.2 Å². The van der Waals surface area contributed by atoms with Crippen LogP contribution in [0.5, 0.6) is 0 Å². The molecular formula is C12H18N2OS. The van der Waals surface area contributed by atoms with Gasteiger partial charge in [-0.25, -0.2) is 4.98 Å². The van der Waals surface area contributed by atoms with Crippen molar-refractivity contribution in [2.75, 3.05) is 18.0 Å². The van der Waals surface area contributed by atoms with Crippen molar-refractivity contribution in [1.82, 2.24) is 4.98 Å². The van der Waals surface area contributed by atoms with Crippen LogP contribution >= 0.6 is 11.3 Å². The molecule has 1 saturated heterocycles. The molecule has 3 nitrogen and oxygen atoms in total. The van der Waals surface area contributed by atoms with E-state index in [-0.39, 0.29) is 5.78 Å². The number of rotatable bonds is 2. The van der Waals surface area contributed by atoms with Crippen LogP contribution in [0.3, 0.4) is 0 Å². The van der Waals surface area contributed by atoms with E-state index < -0.39 is 0 Å². The van der Waals surface area contributed by atoms with Crippen LogP contribution < -0.4 is 4.90 Å². The lowest BCUT2D eigenvalue weighted by Crippen LogP contribution is -2.19. The van der Waals surface area contributed by atoms with Crippen molar-refractivity contribution in [3.63, 3.8) is 0 Å². The average molecular weight is 238 g/mol. The highest BCUT2D eigenvalue weighted by atomic mass is 32.1. The molecule has 0 spiro atoms. The molecule has 2 atom stereocenters. The molecule has 0 N–H and O–H groups in total. The van der Waals surface area contributed by atoms with E-state index in [1.807, 2.05) is 6.92 Å². The normalized spacial score (nSPS) is 25.1. The molecule has 0 radical (unpaired) electrons. The largest absolute Gasteiger partial charge is 0.348 e. The predicted molar refractivity (Wildman–Crippen MR) is 67.4 cm³/mol. The molecule has 2 unspecified atom stereocenters. The van der Waals surface area contributed by atoms with Crippen LogP contribution in [0.15, 0.2) is 0 Å². The number of nitrogens with zero attached hydrogens (tertiary/aromatic N) is 2. The summed E-state index contributed by atoms with van der Waals surface area (Å²) >= 11 is 1.53. The lowest BCUT2D eigenvalue weighted by Gasteiger charge is -2.13. The third-order valence-corrected chi connectivity index (χ3v) is 4.68. The highest BCUT2D eigenvalue weighted by Crippen LogP contribution is 2.32. The fraction of sp³-hybridized carbons (Fsp3) is 0.667. The van der Waals surface area contributed by atoms with E-state index in [1.54, 1.807) is 6.92 Å². The highest BCUT2D eigenvalue weighted by Gasteiger charge is 2.28. The first kappa shape index (κ1) is 11.6. The number of aromatic nitrogens is 1. The Kier molecular flexibility index (Phi) is 3.02. The summed E-state index contributed by atoms with van der Waals surface area (Å²) in [5, 5.41) is 1.01. The molecule has 88 valence electrons. The third-order valence-electron chi connectivity index (χ3n) is 3.36. The maximum absolute atomic E-state index is 11.4. The molecule has 2 heterocycles. The summed E-state index contributed by atoms with van der Waals surface area (Å²) < 4.78 is 0. The summed E-state index contributed by atoms with van der Waals surface area (Å²) in [4.78, 5) is 19.0. The van der Waals surface area contributed by atoms with Gasteiger partial charge in [-0.05, 0) is 18.8 Å². The van der Waals surface area contributed by atoms with Crippen LogP contribution in [0.25, 0.3) is 0 Å². The molecule has 1 aromatic rings. The number of carbonyl (C=O) groups excluding carboxylic acids is 1. The number of ketones is 1. The van der Waals surface area contributed by atoms with Crippen LogP contribution in [-0.2, 0) is 0 Å². The molecule has 1 aliphatic rings. The molecule has 1 fully saturated rings. The smallest absolute Gasteiger partial charge is 0.186 e. The Morgan fingerprint density at radius 1 is 1.38 bits per heavy atom. The molecule has 2 rings (SSSR count). The number of thiazole rings is 1. The van der Waals surface area contributed by atoms with E-state index >= 15 is 0 Å². The van der Waals surface area contributed by atoms with Crippen molar-refractivity contribution in [2.45, 2.75) is 27.7 Å². The summed E-state index contributed by atoms with van der Waals surface area (Å²) in [6.45, 7) is 10.2. The van der Waals surface area contributed by atoms with Crippen LogP contribution in [0.1, 0.15) is 36.1 Å². The second kappa shape index (κ2) is 4.17. The second-order valence-electron chi connectivity index (χ2n) is 4.83. The molecule has 1 aromatic heterocycles. The van der Waals surface area contributed by atoms with Crippen molar-refractivity contribution >= 4 is 22.3 Å². The number of hydrogen-bond donors (Lipinski definition) is 0. The van der Waals surface area contributed by atoms with Crippen molar-refractivity contribution < 1.29 is 4.79 Å². The second-order valence-corrected chi connectivity index (χ2v) is 5.80. The number of Topliss-reactive ketones (excluding diaryl/α,β-unsaturated/α-hetero) is 1. The molecule has 1 aliphatic heterocycles. The minimum Gasteiger partial charge on any atom is -0.348 e. The first-order valence-electron chi connectivity index (χ1n) is 5.72. The molecule has 0 aliphatic carbocycles.